The highest BCUT2D eigenvalue weighted by Crippen LogP contribution is 2.31. The van der Waals surface area contributed by atoms with E-state index in [1.807, 2.05) is 18.2 Å². The number of hydrogen-bond acceptors (Lipinski definition) is 2. The van der Waals surface area contributed by atoms with E-state index in [1.165, 1.54) is 22.2 Å². The van der Waals surface area contributed by atoms with Crippen molar-refractivity contribution in [2.45, 2.75) is 39.2 Å². The molecule has 4 nitrogen and oxygen atoms in total. The molecule has 0 atom stereocenters. The minimum absolute atomic E-state index is 0.0341. The Hall–Kier alpha value is -2.30. The van der Waals surface area contributed by atoms with Crippen LogP contribution in [0.25, 0.3) is 10.9 Å². The maximum Gasteiger partial charge on any atom is 0.221 e. The van der Waals surface area contributed by atoms with E-state index >= 15 is 0 Å². The Morgan fingerprint density at radius 2 is 1.83 bits per heavy atom. The molecule has 152 valence electrons. The van der Waals surface area contributed by atoms with Gasteiger partial charge in [0.05, 0.1) is 5.52 Å². The molecular weight excluding hydrogens is 382 g/mol. The van der Waals surface area contributed by atoms with Crippen molar-refractivity contribution in [1.82, 2.24) is 9.47 Å². The van der Waals surface area contributed by atoms with Crippen LogP contribution >= 0.6 is 11.6 Å². The highest BCUT2D eigenvalue weighted by molar-refractivity contribution is 6.30. The number of nitrogens with one attached hydrogen (secondary N) is 1. The number of carbonyl (C=O) groups is 1. The summed E-state index contributed by atoms with van der Waals surface area (Å²) in [4.78, 5) is 14.0. The highest BCUT2D eigenvalue weighted by Gasteiger charge is 2.22. The summed E-state index contributed by atoms with van der Waals surface area (Å²) >= 11 is 5.98. The summed E-state index contributed by atoms with van der Waals surface area (Å²) in [6.45, 7) is 7.05. The number of carbonyl (C=O) groups excluding carboxylic acids is 1. The quantitative estimate of drug-likeness (QED) is 0.609. The van der Waals surface area contributed by atoms with E-state index in [2.05, 4.69) is 52.0 Å². The first kappa shape index (κ1) is 20.0. The zero-order valence-corrected chi connectivity index (χ0v) is 17.9. The van der Waals surface area contributed by atoms with Gasteiger partial charge in [-0.15, -0.1) is 0 Å². The number of amides is 1. The number of anilines is 1. The summed E-state index contributed by atoms with van der Waals surface area (Å²) in [7, 11) is 0. The van der Waals surface area contributed by atoms with Gasteiger partial charge in [0.2, 0.25) is 5.91 Å². The van der Waals surface area contributed by atoms with Crippen molar-refractivity contribution in [3.05, 3.63) is 64.8 Å². The number of aromatic nitrogens is 1. The number of piperidine rings is 1. The van der Waals surface area contributed by atoms with E-state index < -0.39 is 0 Å². The molecule has 5 heteroatoms. The van der Waals surface area contributed by atoms with E-state index in [0.29, 0.717) is 6.04 Å². The summed E-state index contributed by atoms with van der Waals surface area (Å²) in [5.41, 5.74) is 4.71. The molecule has 2 heterocycles. The lowest BCUT2D eigenvalue weighted by Crippen LogP contribution is -2.36. The molecular formula is C24H28ClN3O. The molecule has 0 bridgehead atoms. The van der Waals surface area contributed by atoms with Crippen LogP contribution in [0.2, 0.25) is 5.02 Å². The van der Waals surface area contributed by atoms with Crippen molar-refractivity contribution in [3.8, 4) is 0 Å². The van der Waals surface area contributed by atoms with Crippen LogP contribution in [0.4, 0.5) is 5.69 Å². The van der Waals surface area contributed by atoms with Crippen LogP contribution in [0.5, 0.6) is 0 Å². The van der Waals surface area contributed by atoms with Crippen LogP contribution in [0.15, 0.2) is 48.5 Å². The molecule has 0 spiro atoms. The maximum atomic E-state index is 11.4. The second-order valence-electron chi connectivity index (χ2n) is 8.06. The number of rotatable bonds is 5. The number of halogens is 1. The number of hydrogen-bond donors (Lipinski definition) is 1. The third-order valence-electron chi connectivity index (χ3n) is 5.91. The SMILES string of the molecule is CC(=O)Nc1ccc2cc(C)n(C3CCN(CCc4ccc(Cl)cc4)CC3)c2c1. The third-order valence-corrected chi connectivity index (χ3v) is 6.16. The molecule has 1 saturated heterocycles. The molecule has 3 aromatic rings. The normalized spacial score (nSPS) is 15.7. The Morgan fingerprint density at radius 3 is 2.52 bits per heavy atom. The lowest BCUT2D eigenvalue weighted by molar-refractivity contribution is -0.114. The zero-order valence-electron chi connectivity index (χ0n) is 17.1. The van der Waals surface area contributed by atoms with Crippen molar-refractivity contribution in [2.24, 2.45) is 0 Å². The number of benzene rings is 2. The first-order valence-electron chi connectivity index (χ1n) is 10.4. The van der Waals surface area contributed by atoms with Gasteiger partial charge in [-0.25, -0.2) is 0 Å². The average molecular weight is 410 g/mol. The number of aryl methyl sites for hydroxylation is 1. The standard InChI is InChI=1S/C24H28ClN3O/c1-17-15-20-5-8-22(26-18(2)29)16-24(20)28(17)23-10-13-27(14-11-23)12-9-19-3-6-21(25)7-4-19/h3-8,15-16,23H,9-14H2,1-2H3,(H,26,29). The van der Waals surface area contributed by atoms with Gasteiger partial charge in [-0.05, 0) is 62.1 Å². The first-order chi connectivity index (χ1) is 14.0. The largest absolute Gasteiger partial charge is 0.342 e. The molecule has 1 N–H and O–H groups in total. The van der Waals surface area contributed by atoms with Crippen molar-refractivity contribution in [1.29, 1.82) is 0 Å². The van der Waals surface area contributed by atoms with Crippen LogP contribution in [-0.2, 0) is 11.2 Å². The molecule has 1 aliphatic heterocycles. The summed E-state index contributed by atoms with van der Waals surface area (Å²) < 4.78 is 2.47. The summed E-state index contributed by atoms with van der Waals surface area (Å²) in [5.74, 6) is -0.0341. The van der Waals surface area contributed by atoms with Crippen LogP contribution in [0.3, 0.4) is 0 Å². The van der Waals surface area contributed by atoms with Crippen molar-refractivity contribution in [3.63, 3.8) is 0 Å². The van der Waals surface area contributed by atoms with E-state index in [-0.39, 0.29) is 5.91 Å². The fourth-order valence-electron chi connectivity index (χ4n) is 4.46. The third kappa shape index (κ3) is 4.65. The molecule has 4 rings (SSSR count). The van der Waals surface area contributed by atoms with Gasteiger partial charge >= 0.3 is 0 Å². The maximum absolute atomic E-state index is 11.4. The lowest BCUT2D eigenvalue weighted by Gasteiger charge is -2.34. The molecule has 1 fully saturated rings. The minimum Gasteiger partial charge on any atom is -0.342 e. The molecule has 2 aromatic carbocycles. The lowest BCUT2D eigenvalue weighted by atomic mass is 10.0. The van der Waals surface area contributed by atoms with Crippen molar-refractivity contribution >= 4 is 34.1 Å². The molecule has 0 saturated carbocycles. The van der Waals surface area contributed by atoms with Crippen molar-refractivity contribution < 1.29 is 4.79 Å². The van der Waals surface area contributed by atoms with E-state index in [9.17, 15) is 4.79 Å². The second kappa shape index (κ2) is 8.60. The molecule has 0 aliphatic carbocycles. The Balaban J connectivity index is 1.42. The molecule has 1 amide bonds. The van der Waals surface area contributed by atoms with Gasteiger partial charge in [0, 0.05) is 54.4 Å². The minimum atomic E-state index is -0.0341. The van der Waals surface area contributed by atoms with E-state index in [0.717, 1.165) is 49.6 Å². The van der Waals surface area contributed by atoms with Gasteiger partial charge in [-0.3, -0.25) is 4.79 Å². The molecule has 29 heavy (non-hydrogen) atoms. The highest BCUT2D eigenvalue weighted by atomic mass is 35.5. The van der Waals surface area contributed by atoms with Gasteiger partial charge in [0.1, 0.15) is 0 Å². The topological polar surface area (TPSA) is 37.3 Å². The predicted octanol–water partition coefficient (Wildman–Crippen LogP) is 5.44. The second-order valence-corrected chi connectivity index (χ2v) is 8.50. The monoisotopic (exact) mass is 409 g/mol. The smallest absolute Gasteiger partial charge is 0.221 e. The van der Waals surface area contributed by atoms with E-state index in [1.54, 1.807) is 6.92 Å². The molecule has 0 radical (unpaired) electrons. The Labute approximate surface area is 177 Å². The fourth-order valence-corrected chi connectivity index (χ4v) is 4.59. The van der Waals surface area contributed by atoms with Gasteiger partial charge < -0.3 is 14.8 Å². The summed E-state index contributed by atoms with van der Waals surface area (Å²) in [6, 6.07) is 17.1. The number of nitrogens with zero attached hydrogens (tertiary/aromatic N) is 2. The predicted molar refractivity (Wildman–Crippen MR) is 121 cm³/mol. The van der Waals surface area contributed by atoms with Crippen LogP contribution < -0.4 is 5.32 Å². The summed E-state index contributed by atoms with van der Waals surface area (Å²) in [6.07, 6.45) is 3.36. The molecule has 1 aliphatic rings. The zero-order chi connectivity index (χ0) is 20.4. The molecule has 1 aromatic heterocycles. The van der Waals surface area contributed by atoms with Gasteiger partial charge in [0.15, 0.2) is 0 Å². The van der Waals surface area contributed by atoms with Crippen LogP contribution in [0, 0.1) is 6.92 Å². The van der Waals surface area contributed by atoms with Crippen LogP contribution in [-0.4, -0.2) is 35.0 Å². The van der Waals surface area contributed by atoms with Gasteiger partial charge in [-0.2, -0.15) is 0 Å². The molecule has 0 unspecified atom stereocenters. The number of likely N-dealkylation sites (tertiary alicyclic amines) is 1. The van der Waals surface area contributed by atoms with Crippen LogP contribution in [0.1, 0.15) is 37.1 Å². The van der Waals surface area contributed by atoms with Gasteiger partial charge in [0.25, 0.3) is 0 Å². The Kier molecular flexibility index (Phi) is 5.93. The Morgan fingerprint density at radius 1 is 1.10 bits per heavy atom. The first-order valence-corrected chi connectivity index (χ1v) is 10.7. The van der Waals surface area contributed by atoms with Gasteiger partial charge in [-0.1, -0.05) is 29.8 Å². The average Bonchev–Trinajstić information content (AvgIpc) is 3.02. The number of fused-ring (bicyclic) bond motifs is 1. The van der Waals surface area contributed by atoms with E-state index in [4.69, 9.17) is 11.6 Å². The fraction of sp³-hybridized carbons (Fsp3) is 0.375. The Bertz CT molecular complexity index is 1000. The summed E-state index contributed by atoms with van der Waals surface area (Å²) in [5, 5.41) is 4.94. The van der Waals surface area contributed by atoms with Crippen molar-refractivity contribution in [2.75, 3.05) is 25.0 Å².